The van der Waals surface area contributed by atoms with Crippen molar-refractivity contribution in [2.24, 2.45) is 5.92 Å². The first-order valence-corrected chi connectivity index (χ1v) is 7.14. The van der Waals surface area contributed by atoms with E-state index in [4.69, 9.17) is 4.74 Å². The predicted octanol–water partition coefficient (Wildman–Crippen LogP) is 1.91. The van der Waals surface area contributed by atoms with Gasteiger partial charge in [0.05, 0.1) is 6.04 Å². The molecule has 5 nitrogen and oxygen atoms in total. The summed E-state index contributed by atoms with van der Waals surface area (Å²) in [6.45, 7) is 7.12. The Balaban J connectivity index is 2.14. The zero-order valence-corrected chi connectivity index (χ0v) is 12.1. The summed E-state index contributed by atoms with van der Waals surface area (Å²) in [4.78, 5) is 25.7. The average molecular weight is 268 g/mol. The molecule has 2 unspecified atom stereocenters. The zero-order valence-electron chi connectivity index (χ0n) is 12.1. The lowest BCUT2D eigenvalue weighted by Gasteiger charge is -2.39. The molecule has 19 heavy (non-hydrogen) atoms. The van der Waals surface area contributed by atoms with Gasteiger partial charge >= 0.3 is 6.09 Å². The minimum Gasteiger partial charge on any atom is -0.443 e. The maximum Gasteiger partial charge on any atom is 0.417 e. The van der Waals surface area contributed by atoms with E-state index in [2.05, 4.69) is 5.32 Å². The number of imide groups is 1. The van der Waals surface area contributed by atoms with Crippen LogP contribution >= 0.6 is 0 Å². The molecule has 108 valence electrons. The lowest BCUT2D eigenvalue weighted by molar-refractivity contribution is -0.137. The quantitative estimate of drug-likeness (QED) is 0.729. The molecule has 2 aliphatic rings. The van der Waals surface area contributed by atoms with Gasteiger partial charge in [-0.05, 0) is 52.5 Å². The number of carbonyl (C=O) groups is 2. The second-order valence-corrected chi connectivity index (χ2v) is 6.46. The predicted molar refractivity (Wildman–Crippen MR) is 71.7 cm³/mol. The van der Waals surface area contributed by atoms with Gasteiger partial charge in [0.2, 0.25) is 5.91 Å². The molecule has 2 fully saturated rings. The van der Waals surface area contributed by atoms with E-state index in [1.165, 1.54) is 4.90 Å². The summed E-state index contributed by atoms with van der Waals surface area (Å²) in [6, 6.07) is -0.0430. The largest absolute Gasteiger partial charge is 0.443 e. The molecule has 0 bridgehead atoms. The third kappa shape index (κ3) is 3.47. The third-order valence-corrected chi connectivity index (χ3v) is 3.75. The van der Waals surface area contributed by atoms with Gasteiger partial charge in [0.15, 0.2) is 0 Å². The summed E-state index contributed by atoms with van der Waals surface area (Å²) in [6.07, 6.45) is 3.04. The Hall–Kier alpha value is -1.10. The van der Waals surface area contributed by atoms with E-state index in [-0.39, 0.29) is 11.9 Å². The number of nitrogens with one attached hydrogen (secondary N) is 1. The van der Waals surface area contributed by atoms with Gasteiger partial charge in [-0.15, -0.1) is 0 Å². The van der Waals surface area contributed by atoms with Gasteiger partial charge in [-0.25, -0.2) is 9.69 Å². The van der Waals surface area contributed by atoms with E-state index in [0.29, 0.717) is 18.9 Å². The van der Waals surface area contributed by atoms with Crippen molar-refractivity contribution in [3.05, 3.63) is 0 Å². The van der Waals surface area contributed by atoms with Crippen LogP contribution < -0.4 is 5.32 Å². The average Bonchev–Trinajstić information content (AvgIpc) is 2.51. The van der Waals surface area contributed by atoms with E-state index in [1.807, 2.05) is 20.8 Å². The van der Waals surface area contributed by atoms with E-state index >= 15 is 0 Å². The van der Waals surface area contributed by atoms with Crippen LogP contribution in [-0.2, 0) is 9.53 Å². The van der Waals surface area contributed by atoms with Crippen LogP contribution in [0.2, 0.25) is 0 Å². The van der Waals surface area contributed by atoms with Gasteiger partial charge in [-0.3, -0.25) is 4.79 Å². The molecule has 0 aromatic rings. The van der Waals surface area contributed by atoms with Crippen molar-refractivity contribution in [2.75, 3.05) is 13.1 Å². The van der Waals surface area contributed by atoms with Gasteiger partial charge < -0.3 is 10.1 Å². The van der Waals surface area contributed by atoms with Gasteiger partial charge in [0.1, 0.15) is 5.60 Å². The fourth-order valence-electron chi connectivity index (χ4n) is 2.90. The molecule has 2 rings (SSSR count). The Bertz CT molecular complexity index is 362. The van der Waals surface area contributed by atoms with Crippen LogP contribution in [0.1, 0.15) is 46.5 Å². The molecule has 2 amide bonds. The number of fused-ring (bicyclic) bond motifs is 1. The fraction of sp³-hybridized carbons (Fsp3) is 0.857. The van der Waals surface area contributed by atoms with Gasteiger partial charge in [-0.1, -0.05) is 0 Å². The highest BCUT2D eigenvalue weighted by Crippen LogP contribution is 2.30. The minimum absolute atomic E-state index is 0.0430. The van der Waals surface area contributed by atoms with Crippen LogP contribution in [0, 0.1) is 5.92 Å². The second-order valence-electron chi connectivity index (χ2n) is 6.46. The van der Waals surface area contributed by atoms with Crippen molar-refractivity contribution >= 4 is 12.0 Å². The van der Waals surface area contributed by atoms with Crippen LogP contribution in [0.4, 0.5) is 4.79 Å². The summed E-state index contributed by atoms with van der Waals surface area (Å²) in [5.41, 5.74) is -0.567. The molecule has 0 aromatic carbocycles. The maximum absolute atomic E-state index is 12.2. The summed E-state index contributed by atoms with van der Waals surface area (Å²) >= 11 is 0. The third-order valence-electron chi connectivity index (χ3n) is 3.75. The topological polar surface area (TPSA) is 58.6 Å². The van der Waals surface area contributed by atoms with Crippen molar-refractivity contribution in [3.63, 3.8) is 0 Å². The number of hydrogen-bond acceptors (Lipinski definition) is 4. The summed E-state index contributed by atoms with van der Waals surface area (Å²) in [7, 11) is 0. The number of amides is 2. The first kappa shape index (κ1) is 14.3. The molecule has 0 radical (unpaired) electrons. The monoisotopic (exact) mass is 268 g/mol. The van der Waals surface area contributed by atoms with E-state index in [0.717, 1.165) is 25.8 Å². The van der Waals surface area contributed by atoms with E-state index in [9.17, 15) is 9.59 Å². The van der Waals surface area contributed by atoms with E-state index < -0.39 is 11.7 Å². The Labute approximate surface area is 114 Å². The molecule has 5 heteroatoms. The Morgan fingerprint density at radius 1 is 1.37 bits per heavy atom. The Kier molecular flexibility index (Phi) is 4.13. The highest BCUT2D eigenvalue weighted by molar-refractivity contribution is 5.93. The van der Waals surface area contributed by atoms with Crippen LogP contribution in [0.3, 0.4) is 0 Å². The number of ether oxygens (including phenoxy) is 1. The van der Waals surface area contributed by atoms with Crippen molar-refractivity contribution < 1.29 is 14.3 Å². The van der Waals surface area contributed by atoms with Crippen molar-refractivity contribution in [3.8, 4) is 0 Å². The Morgan fingerprint density at radius 3 is 2.79 bits per heavy atom. The number of carbonyl (C=O) groups excluding carboxylic acids is 2. The number of piperidine rings is 1. The van der Waals surface area contributed by atoms with Gasteiger partial charge in [-0.2, -0.15) is 0 Å². The van der Waals surface area contributed by atoms with Crippen LogP contribution in [-0.4, -0.2) is 41.6 Å². The SMILES string of the molecule is CC(C)(C)OC(=O)N1C(=O)CCC2CCCNCC21. The maximum atomic E-state index is 12.2. The Morgan fingerprint density at radius 2 is 2.11 bits per heavy atom. The molecule has 0 aromatic heterocycles. The lowest BCUT2D eigenvalue weighted by Crippen LogP contribution is -2.55. The minimum atomic E-state index is -0.567. The normalized spacial score (nSPS) is 28.6. The number of rotatable bonds is 0. The molecule has 2 atom stereocenters. The second kappa shape index (κ2) is 5.49. The molecule has 1 N–H and O–H groups in total. The zero-order chi connectivity index (χ0) is 14.0. The first-order chi connectivity index (χ1) is 8.88. The van der Waals surface area contributed by atoms with Crippen LogP contribution in [0.25, 0.3) is 0 Å². The highest BCUT2D eigenvalue weighted by Gasteiger charge is 2.41. The number of nitrogens with zero attached hydrogens (tertiary/aromatic N) is 1. The molecule has 2 saturated heterocycles. The molecule has 0 aliphatic carbocycles. The van der Waals surface area contributed by atoms with Gasteiger partial charge in [0, 0.05) is 13.0 Å². The highest BCUT2D eigenvalue weighted by atomic mass is 16.6. The smallest absolute Gasteiger partial charge is 0.417 e. The number of likely N-dealkylation sites (tertiary alicyclic amines) is 1. The molecule has 2 heterocycles. The summed E-state index contributed by atoms with van der Waals surface area (Å²) in [5, 5.41) is 3.31. The van der Waals surface area contributed by atoms with Crippen molar-refractivity contribution in [1.82, 2.24) is 10.2 Å². The summed E-state index contributed by atoms with van der Waals surface area (Å²) < 4.78 is 5.38. The standard InChI is InChI=1S/C14H24N2O3/c1-14(2,3)19-13(18)16-11-9-15-8-4-5-10(11)6-7-12(16)17/h10-11,15H,4-9H2,1-3H3. The van der Waals surface area contributed by atoms with E-state index in [1.54, 1.807) is 0 Å². The van der Waals surface area contributed by atoms with Crippen LogP contribution in [0.15, 0.2) is 0 Å². The molecule has 0 saturated carbocycles. The van der Waals surface area contributed by atoms with Crippen LogP contribution in [0.5, 0.6) is 0 Å². The summed E-state index contributed by atoms with van der Waals surface area (Å²) in [5.74, 6) is 0.319. The molecule has 2 aliphatic heterocycles. The van der Waals surface area contributed by atoms with Crippen molar-refractivity contribution in [2.45, 2.75) is 58.1 Å². The van der Waals surface area contributed by atoms with Gasteiger partial charge in [0.25, 0.3) is 0 Å². The lowest BCUT2D eigenvalue weighted by atomic mass is 9.86. The van der Waals surface area contributed by atoms with Crippen molar-refractivity contribution in [1.29, 1.82) is 0 Å². The molecular formula is C14H24N2O3. The molecular weight excluding hydrogens is 244 g/mol. The fourth-order valence-corrected chi connectivity index (χ4v) is 2.90. The number of hydrogen-bond donors (Lipinski definition) is 1. The first-order valence-electron chi connectivity index (χ1n) is 7.14. The molecule has 0 spiro atoms.